The second kappa shape index (κ2) is 7.02. The summed E-state index contributed by atoms with van der Waals surface area (Å²) in [5, 5.41) is 28.8. The summed E-state index contributed by atoms with van der Waals surface area (Å²) in [6.45, 7) is 0.0496. The topological polar surface area (TPSA) is 136 Å². The molecule has 9 heteroatoms. The molecule has 1 aliphatic heterocycles. The SMILES string of the molecule is O=C(O)C1CC(=O)N(C(CCOO)C(=O)O)CCN1. The van der Waals surface area contributed by atoms with Crippen molar-refractivity contribution >= 4 is 17.8 Å². The number of rotatable bonds is 6. The first kappa shape index (κ1) is 15.3. The van der Waals surface area contributed by atoms with Gasteiger partial charge in [0.05, 0.1) is 13.0 Å². The molecule has 0 aliphatic carbocycles. The summed E-state index contributed by atoms with van der Waals surface area (Å²) in [5.41, 5.74) is 0. The van der Waals surface area contributed by atoms with E-state index in [9.17, 15) is 14.4 Å². The van der Waals surface area contributed by atoms with Gasteiger partial charge in [0.2, 0.25) is 5.91 Å². The fourth-order valence-corrected chi connectivity index (χ4v) is 1.93. The molecule has 1 amide bonds. The smallest absolute Gasteiger partial charge is 0.326 e. The van der Waals surface area contributed by atoms with E-state index < -0.39 is 29.9 Å². The van der Waals surface area contributed by atoms with Crippen LogP contribution >= 0.6 is 0 Å². The lowest BCUT2D eigenvalue weighted by Gasteiger charge is -2.27. The molecule has 1 heterocycles. The molecule has 0 bridgehead atoms. The van der Waals surface area contributed by atoms with E-state index in [2.05, 4.69) is 10.2 Å². The lowest BCUT2D eigenvalue weighted by molar-refractivity contribution is -0.244. The highest BCUT2D eigenvalue weighted by atomic mass is 17.1. The molecule has 2 unspecified atom stereocenters. The van der Waals surface area contributed by atoms with Crippen LogP contribution < -0.4 is 5.32 Å². The van der Waals surface area contributed by atoms with Gasteiger partial charge in [0, 0.05) is 19.5 Å². The molecule has 1 aliphatic rings. The van der Waals surface area contributed by atoms with E-state index in [-0.39, 0.29) is 32.5 Å². The van der Waals surface area contributed by atoms with E-state index in [1.54, 1.807) is 0 Å². The van der Waals surface area contributed by atoms with Crippen LogP contribution in [0.3, 0.4) is 0 Å². The van der Waals surface area contributed by atoms with E-state index in [0.717, 1.165) is 4.90 Å². The Labute approximate surface area is 108 Å². The molecular weight excluding hydrogens is 260 g/mol. The minimum atomic E-state index is -1.22. The number of hydrogen-bond acceptors (Lipinski definition) is 6. The number of nitrogens with zero attached hydrogens (tertiary/aromatic N) is 1. The van der Waals surface area contributed by atoms with Gasteiger partial charge in [-0.25, -0.2) is 9.68 Å². The highest BCUT2D eigenvalue weighted by Gasteiger charge is 2.34. The molecule has 1 saturated heterocycles. The van der Waals surface area contributed by atoms with Crippen LogP contribution in [0.15, 0.2) is 0 Å². The van der Waals surface area contributed by atoms with Crippen molar-refractivity contribution < 1.29 is 34.7 Å². The number of nitrogens with one attached hydrogen (secondary N) is 1. The maximum Gasteiger partial charge on any atom is 0.326 e. The zero-order valence-electron chi connectivity index (χ0n) is 10.1. The fourth-order valence-electron chi connectivity index (χ4n) is 1.93. The Morgan fingerprint density at radius 2 is 2.16 bits per heavy atom. The van der Waals surface area contributed by atoms with Crippen LogP contribution in [0.5, 0.6) is 0 Å². The summed E-state index contributed by atoms with van der Waals surface area (Å²) in [6.07, 6.45) is -0.381. The molecule has 1 rings (SSSR count). The molecule has 1 fully saturated rings. The fraction of sp³-hybridized carbons (Fsp3) is 0.700. The first-order valence-corrected chi connectivity index (χ1v) is 5.72. The van der Waals surface area contributed by atoms with Crippen LogP contribution in [0.2, 0.25) is 0 Å². The Kier molecular flexibility index (Phi) is 5.67. The molecule has 0 aromatic rings. The second-order valence-electron chi connectivity index (χ2n) is 4.11. The Bertz CT molecular complexity index is 360. The number of hydrogen-bond donors (Lipinski definition) is 4. The van der Waals surface area contributed by atoms with E-state index in [4.69, 9.17) is 15.5 Å². The Morgan fingerprint density at radius 1 is 1.47 bits per heavy atom. The maximum atomic E-state index is 11.9. The van der Waals surface area contributed by atoms with E-state index in [1.807, 2.05) is 0 Å². The molecule has 0 radical (unpaired) electrons. The molecule has 0 aromatic heterocycles. The summed E-state index contributed by atoms with van der Waals surface area (Å²) >= 11 is 0. The minimum Gasteiger partial charge on any atom is -0.480 e. The van der Waals surface area contributed by atoms with Gasteiger partial charge in [0.1, 0.15) is 12.1 Å². The van der Waals surface area contributed by atoms with Gasteiger partial charge in [-0.2, -0.15) is 0 Å². The standard InChI is InChI=1S/C10H16N2O7/c13-8-5-6(9(14)15)11-2-3-12(8)7(10(16)17)1-4-19-18/h6-7,11,18H,1-5H2,(H,14,15)(H,16,17). The predicted molar refractivity (Wildman–Crippen MR) is 60.4 cm³/mol. The number of carbonyl (C=O) groups is 3. The van der Waals surface area contributed by atoms with E-state index in [0.29, 0.717) is 0 Å². The summed E-state index contributed by atoms with van der Waals surface area (Å²) < 4.78 is 0. The minimum absolute atomic E-state index is 0.0741. The number of carboxylic acid groups (broad SMARTS) is 2. The first-order chi connectivity index (χ1) is 8.97. The third-order valence-corrected chi connectivity index (χ3v) is 2.88. The van der Waals surface area contributed by atoms with Crippen molar-refractivity contribution in [3.8, 4) is 0 Å². The summed E-state index contributed by atoms with van der Waals surface area (Å²) in [7, 11) is 0. The number of carbonyl (C=O) groups excluding carboxylic acids is 1. The summed E-state index contributed by atoms with van der Waals surface area (Å²) in [6, 6.07) is -2.16. The number of aliphatic carboxylic acids is 2. The van der Waals surface area contributed by atoms with Gasteiger partial charge in [-0.3, -0.25) is 14.8 Å². The van der Waals surface area contributed by atoms with Gasteiger partial charge in [0.25, 0.3) is 0 Å². The Hall–Kier alpha value is -1.71. The van der Waals surface area contributed by atoms with Gasteiger partial charge in [-0.1, -0.05) is 0 Å². The Morgan fingerprint density at radius 3 is 2.68 bits per heavy atom. The monoisotopic (exact) mass is 276 g/mol. The molecule has 9 nitrogen and oxygen atoms in total. The van der Waals surface area contributed by atoms with Crippen molar-refractivity contribution in [1.29, 1.82) is 0 Å². The van der Waals surface area contributed by atoms with Crippen LogP contribution in [0.4, 0.5) is 0 Å². The van der Waals surface area contributed by atoms with Crippen LogP contribution in [0, 0.1) is 0 Å². The van der Waals surface area contributed by atoms with E-state index >= 15 is 0 Å². The molecule has 0 aromatic carbocycles. The molecule has 2 atom stereocenters. The highest BCUT2D eigenvalue weighted by molar-refractivity contribution is 5.88. The highest BCUT2D eigenvalue weighted by Crippen LogP contribution is 2.11. The lowest BCUT2D eigenvalue weighted by atomic mass is 10.1. The van der Waals surface area contributed by atoms with Gasteiger partial charge in [-0.15, -0.1) is 0 Å². The van der Waals surface area contributed by atoms with Crippen molar-refractivity contribution in [2.75, 3.05) is 19.7 Å². The zero-order chi connectivity index (χ0) is 14.4. The third kappa shape index (κ3) is 4.16. The zero-order valence-corrected chi connectivity index (χ0v) is 10.1. The van der Waals surface area contributed by atoms with Gasteiger partial charge in [-0.05, 0) is 0 Å². The quantitative estimate of drug-likeness (QED) is 0.343. The molecule has 108 valence electrons. The summed E-state index contributed by atoms with van der Waals surface area (Å²) in [4.78, 5) is 38.8. The van der Waals surface area contributed by atoms with Crippen molar-refractivity contribution in [3.05, 3.63) is 0 Å². The van der Waals surface area contributed by atoms with E-state index in [1.165, 1.54) is 0 Å². The molecular formula is C10H16N2O7. The van der Waals surface area contributed by atoms with Crippen molar-refractivity contribution in [2.24, 2.45) is 0 Å². The summed E-state index contributed by atoms with van der Waals surface area (Å²) in [5.74, 6) is -2.93. The molecule has 0 saturated carbocycles. The maximum absolute atomic E-state index is 11.9. The van der Waals surface area contributed by atoms with Crippen LogP contribution in [-0.2, 0) is 19.3 Å². The normalized spacial score (nSPS) is 21.8. The lowest BCUT2D eigenvalue weighted by Crippen LogP contribution is -2.46. The van der Waals surface area contributed by atoms with Crippen molar-refractivity contribution in [3.63, 3.8) is 0 Å². The van der Waals surface area contributed by atoms with Crippen molar-refractivity contribution in [1.82, 2.24) is 10.2 Å². The molecule has 4 N–H and O–H groups in total. The average molecular weight is 276 g/mol. The second-order valence-corrected chi connectivity index (χ2v) is 4.11. The first-order valence-electron chi connectivity index (χ1n) is 5.72. The molecule has 19 heavy (non-hydrogen) atoms. The van der Waals surface area contributed by atoms with Gasteiger partial charge >= 0.3 is 11.9 Å². The number of amides is 1. The third-order valence-electron chi connectivity index (χ3n) is 2.88. The Balaban J connectivity index is 2.76. The van der Waals surface area contributed by atoms with Crippen LogP contribution in [0.25, 0.3) is 0 Å². The average Bonchev–Trinajstić information content (AvgIpc) is 2.52. The van der Waals surface area contributed by atoms with Gasteiger partial charge < -0.3 is 20.4 Å². The van der Waals surface area contributed by atoms with Crippen molar-refractivity contribution in [2.45, 2.75) is 24.9 Å². The number of carboxylic acids is 2. The van der Waals surface area contributed by atoms with Crippen LogP contribution in [-0.4, -0.2) is 70.0 Å². The molecule has 0 spiro atoms. The largest absolute Gasteiger partial charge is 0.480 e. The predicted octanol–water partition coefficient (Wildman–Crippen LogP) is -1.41. The van der Waals surface area contributed by atoms with Gasteiger partial charge in [0.15, 0.2) is 0 Å². The van der Waals surface area contributed by atoms with Crippen LogP contribution in [0.1, 0.15) is 12.8 Å².